The van der Waals surface area contributed by atoms with Crippen molar-refractivity contribution in [1.29, 1.82) is 0 Å². The number of likely N-dealkylation sites (N-methyl/N-ethyl adjacent to an activating group) is 2. The Morgan fingerprint density at radius 3 is 2.53 bits per heavy atom. The highest BCUT2D eigenvalue weighted by Crippen LogP contribution is 2.00. The van der Waals surface area contributed by atoms with Gasteiger partial charge in [-0.05, 0) is 20.4 Å². The quantitative estimate of drug-likeness (QED) is 0.627. The van der Waals surface area contributed by atoms with Crippen LogP contribution in [0.5, 0.6) is 0 Å². The van der Waals surface area contributed by atoms with Crippen molar-refractivity contribution in [1.82, 2.24) is 10.2 Å². The molecule has 1 unspecified atom stereocenters. The predicted octanol–water partition coefficient (Wildman–Crippen LogP) is 0.509. The molecular formula is C10H21N3OS. The van der Waals surface area contributed by atoms with Gasteiger partial charge in [0.1, 0.15) is 0 Å². The summed E-state index contributed by atoms with van der Waals surface area (Å²) in [5.41, 5.74) is 5.43. The smallest absolute Gasteiger partial charge is 0.237 e. The molecule has 0 rings (SSSR count). The Bertz CT molecular complexity index is 221. The van der Waals surface area contributed by atoms with Crippen molar-refractivity contribution in [2.24, 2.45) is 5.73 Å². The maximum absolute atomic E-state index is 11.6. The van der Waals surface area contributed by atoms with Crippen molar-refractivity contribution in [3.8, 4) is 0 Å². The first kappa shape index (κ1) is 14.3. The van der Waals surface area contributed by atoms with E-state index in [4.69, 9.17) is 18.0 Å². The molecule has 1 amide bonds. The molecule has 4 nitrogen and oxygen atoms in total. The SMILES string of the molecule is CCNC(=O)C(C)N(CC)CCC(N)=S. The summed E-state index contributed by atoms with van der Waals surface area (Å²) >= 11 is 4.82. The van der Waals surface area contributed by atoms with Crippen molar-refractivity contribution >= 4 is 23.1 Å². The third kappa shape index (κ3) is 5.69. The van der Waals surface area contributed by atoms with Gasteiger partial charge in [-0.25, -0.2) is 0 Å². The number of hydrogen-bond donors (Lipinski definition) is 2. The summed E-state index contributed by atoms with van der Waals surface area (Å²) in [7, 11) is 0. The van der Waals surface area contributed by atoms with E-state index in [2.05, 4.69) is 10.2 Å². The molecule has 88 valence electrons. The molecule has 0 fully saturated rings. The van der Waals surface area contributed by atoms with Gasteiger partial charge in [-0.1, -0.05) is 19.1 Å². The van der Waals surface area contributed by atoms with E-state index in [0.29, 0.717) is 18.0 Å². The number of nitrogens with two attached hydrogens (primary N) is 1. The van der Waals surface area contributed by atoms with Crippen LogP contribution in [0.2, 0.25) is 0 Å². The first-order valence-electron chi connectivity index (χ1n) is 5.32. The molecule has 15 heavy (non-hydrogen) atoms. The van der Waals surface area contributed by atoms with Gasteiger partial charge in [0.15, 0.2) is 0 Å². The molecule has 0 aromatic rings. The molecule has 0 aliphatic heterocycles. The molecular weight excluding hydrogens is 210 g/mol. The van der Waals surface area contributed by atoms with Gasteiger partial charge in [-0.2, -0.15) is 0 Å². The topological polar surface area (TPSA) is 58.4 Å². The molecule has 0 heterocycles. The second kappa shape index (κ2) is 7.59. The fourth-order valence-corrected chi connectivity index (χ4v) is 1.46. The highest BCUT2D eigenvalue weighted by Gasteiger charge is 2.18. The van der Waals surface area contributed by atoms with E-state index >= 15 is 0 Å². The van der Waals surface area contributed by atoms with Crippen LogP contribution in [0.4, 0.5) is 0 Å². The van der Waals surface area contributed by atoms with Crippen LogP contribution < -0.4 is 11.1 Å². The Morgan fingerprint density at radius 1 is 1.53 bits per heavy atom. The van der Waals surface area contributed by atoms with Gasteiger partial charge in [0.2, 0.25) is 5.91 Å². The number of nitrogens with one attached hydrogen (secondary N) is 1. The Hall–Kier alpha value is -0.680. The van der Waals surface area contributed by atoms with E-state index in [9.17, 15) is 4.79 Å². The molecule has 0 saturated heterocycles. The van der Waals surface area contributed by atoms with E-state index in [1.54, 1.807) is 0 Å². The van der Waals surface area contributed by atoms with E-state index in [0.717, 1.165) is 13.1 Å². The number of thiocarbonyl (C=S) groups is 1. The lowest BCUT2D eigenvalue weighted by molar-refractivity contribution is -0.125. The van der Waals surface area contributed by atoms with Crippen LogP contribution in [-0.2, 0) is 4.79 Å². The minimum atomic E-state index is -0.121. The van der Waals surface area contributed by atoms with Crippen molar-refractivity contribution in [2.75, 3.05) is 19.6 Å². The van der Waals surface area contributed by atoms with Crippen molar-refractivity contribution in [2.45, 2.75) is 33.2 Å². The molecule has 0 aromatic heterocycles. The van der Waals surface area contributed by atoms with Crippen molar-refractivity contribution in [3.05, 3.63) is 0 Å². The standard InChI is InChI=1S/C10H21N3OS/c1-4-12-10(14)8(3)13(5-2)7-6-9(11)15/h8H,4-7H2,1-3H3,(H2,11,15)(H,12,14). The van der Waals surface area contributed by atoms with Gasteiger partial charge in [-0.3, -0.25) is 9.69 Å². The van der Waals surface area contributed by atoms with E-state index in [1.807, 2.05) is 20.8 Å². The normalized spacial score (nSPS) is 12.5. The molecule has 0 spiro atoms. The monoisotopic (exact) mass is 231 g/mol. The van der Waals surface area contributed by atoms with E-state index in [1.165, 1.54) is 0 Å². The summed E-state index contributed by atoms with van der Waals surface area (Å²) in [4.78, 5) is 14.1. The lowest BCUT2D eigenvalue weighted by Gasteiger charge is -2.26. The lowest BCUT2D eigenvalue weighted by Crippen LogP contribution is -2.45. The molecule has 0 radical (unpaired) electrons. The summed E-state index contributed by atoms with van der Waals surface area (Å²) in [6.45, 7) is 8.06. The molecule has 5 heteroatoms. The zero-order valence-electron chi connectivity index (χ0n) is 9.75. The zero-order valence-corrected chi connectivity index (χ0v) is 10.6. The average Bonchev–Trinajstić information content (AvgIpc) is 2.18. The fourth-order valence-electron chi connectivity index (χ4n) is 1.37. The lowest BCUT2D eigenvalue weighted by atomic mass is 10.2. The van der Waals surface area contributed by atoms with Gasteiger partial charge >= 0.3 is 0 Å². The minimum absolute atomic E-state index is 0.0577. The van der Waals surface area contributed by atoms with E-state index < -0.39 is 0 Å². The molecule has 0 aromatic carbocycles. The van der Waals surface area contributed by atoms with Gasteiger partial charge in [0.05, 0.1) is 11.0 Å². The van der Waals surface area contributed by atoms with Crippen LogP contribution in [0.1, 0.15) is 27.2 Å². The number of carbonyl (C=O) groups excluding carboxylic acids is 1. The summed E-state index contributed by atoms with van der Waals surface area (Å²) in [6.07, 6.45) is 0.660. The largest absolute Gasteiger partial charge is 0.393 e. The number of nitrogens with zero attached hydrogens (tertiary/aromatic N) is 1. The highest BCUT2D eigenvalue weighted by atomic mass is 32.1. The van der Waals surface area contributed by atoms with Crippen LogP contribution in [0, 0.1) is 0 Å². The molecule has 1 atom stereocenters. The summed E-state index contributed by atoms with van der Waals surface area (Å²) in [5.74, 6) is 0.0577. The Balaban J connectivity index is 4.14. The van der Waals surface area contributed by atoms with Gasteiger partial charge in [0.25, 0.3) is 0 Å². The number of amides is 1. The van der Waals surface area contributed by atoms with E-state index in [-0.39, 0.29) is 11.9 Å². The fraction of sp³-hybridized carbons (Fsp3) is 0.800. The van der Waals surface area contributed by atoms with Crippen LogP contribution in [0.15, 0.2) is 0 Å². The third-order valence-electron chi connectivity index (χ3n) is 2.33. The average molecular weight is 231 g/mol. The maximum Gasteiger partial charge on any atom is 0.237 e. The second-order valence-electron chi connectivity index (χ2n) is 3.42. The van der Waals surface area contributed by atoms with Gasteiger partial charge in [-0.15, -0.1) is 0 Å². The number of hydrogen-bond acceptors (Lipinski definition) is 3. The third-order valence-corrected chi connectivity index (χ3v) is 2.53. The Labute approximate surface area is 97.2 Å². The zero-order chi connectivity index (χ0) is 11.8. The molecule has 0 saturated carbocycles. The van der Waals surface area contributed by atoms with Crippen LogP contribution >= 0.6 is 12.2 Å². The van der Waals surface area contributed by atoms with Crippen molar-refractivity contribution < 1.29 is 4.79 Å². The van der Waals surface area contributed by atoms with Crippen LogP contribution in [-0.4, -0.2) is 41.5 Å². The highest BCUT2D eigenvalue weighted by molar-refractivity contribution is 7.80. The molecule has 0 aliphatic rings. The summed E-state index contributed by atoms with van der Waals surface area (Å²) < 4.78 is 0. The van der Waals surface area contributed by atoms with Crippen LogP contribution in [0.3, 0.4) is 0 Å². The molecule has 0 bridgehead atoms. The number of rotatable bonds is 7. The minimum Gasteiger partial charge on any atom is -0.393 e. The van der Waals surface area contributed by atoms with Gasteiger partial charge < -0.3 is 11.1 Å². The molecule has 3 N–H and O–H groups in total. The molecule has 0 aliphatic carbocycles. The van der Waals surface area contributed by atoms with Crippen molar-refractivity contribution in [3.63, 3.8) is 0 Å². The summed E-state index contributed by atoms with van der Waals surface area (Å²) in [5, 5.41) is 2.80. The number of carbonyl (C=O) groups is 1. The van der Waals surface area contributed by atoms with Crippen LogP contribution in [0.25, 0.3) is 0 Å². The second-order valence-corrected chi connectivity index (χ2v) is 3.94. The first-order chi connectivity index (χ1) is 7.02. The first-order valence-corrected chi connectivity index (χ1v) is 5.73. The Morgan fingerprint density at radius 2 is 2.13 bits per heavy atom. The maximum atomic E-state index is 11.6. The van der Waals surface area contributed by atoms with Gasteiger partial charge in [0, 0.05) is 19.5 Å². The Kier molecular flexibility index (Phi) is 7.25. The summed E-state index contributed by atoms with van der Waals surface area (Å²) in [6, 6.07) is -0.121. The predicted molar refractivity (Wildman–Crippen MR) is 66.8 cm³/mol.